The van der Waals surface area contributed by atoms with Gasteiger partial charge in [0.05, 0.1) is 0 Å². The van der Waals surface area contributed by atoms with Crippen LogP contribution in [0.25, 0.3) is 11.3 Å². The van der Waals surface area contributed by atoms with Gasteiger partial charge in [-0.1, -0.05) is 33.2 Å². The molecule has 0 radical (unpaired) electrons. The minimum absolute atomic E-state index is 0.0502. The molecular weight excluding hydrogens is 274 g/mol. The predicted octanol–water partition coefficient (Wildman–Crippen LogP) is 3.11. The third kappa shape index (κ3) is 1.74. The molecule has 1 aromatic carbocycles. The van der Waals surface area contributed by atoms with Crippen molar-refractivity contribution in [2.24, 2.45) is 0 Å². The molecule has 4 nitrogen and oxygen atoms in total. The first-order valence-electron chi connectivity index (χ1n) is 4.55. The van der Waals surface area contributed by atoms with Crippen LogP contribution in [0.4, 0.5) is 0 Å². The lowest BCUT2D eigenvalue weighted by molar-refractivity contribution is 0.0685. The summed E-state index contributed by atoms with van der Waals surface area (Å²) in [5, 5.41) is 12.4. The Kier molecular flexibility index (Phi) is 2.78. The second kappa shape index (κ2) is 4.09. The largest absolute Gasteiger partial charge is 0.476 e. The van der Waals surface area contributed by atoms with Crippen LogP contribution in [0.2, 0.25) is 0 Å². The Labute approximate surface area is 100 Å². The Bertz CT molecular complexity index is 548. The maximum absolute atomic E-state index is 10.8. The van der Waals surface area contributed by atoms with Crippen molar-refractivity contribution in [1.82, 2.24) is 5.16 Å². The number of aromatic nitrogens is 1. The lowest BCUT2D eigenvalue weighted by Gasteiger charge is -1.99. The van der Waals surface area contributed by atoms with Gasteiger partial charge in [-0.2, -0.15) is 0 Å². The smallest absolute Gasteiger partial charge is 0.358 e. The van der Waals surface area contributed by atoms with Crippen LogP contribution >= 0.6 is 15.9 Å². The van der Waals surface area contributed by atoms with Gasteiger partial charge in [-0.3, -0.25) is 0 Å². The lowest BCUT2D eigenvalue weighted by atomic mass is 10.1. The molecule has 0 unspecified atom stereocenters. The van der Waals surface area contributed by atoms with Crippen molar-refractivity contribution in [3.63, 3.8) is 0 Å². The molecule has 2 rings (SSSR count). The Balaban J connectivity index is 2.58. The fourth-order valence-electron chi connectivity index (χ4n) is 1.43. The van der Waals surface area contributed by atoms with Crippen LogP contribution in [0.3, 0.4) is 0 Å². The van der Waals surface area contributed by atoms with Crippen LogP contribution < -0.4 is 0 Å². The topological polar surface area (TPSA) is 63.3 Å². The van der Waals surface area contributed by atoms with E-state index in [0.717, 1.165) is 10.0 Å². The summed E-state index contributed by atoms with van der Waals surface area (Å²) in [4.78, 5) is 10.8. The first-order valence-corrected chi connectivity index (χ1v) is 5.35. The molecular formula is C11H8BrNO3. The number of hydrogen-bond donors (Lipinski definition) is 1. The Morgan fingerprint density at radius 1 is 1.44 bits per heavy atom. The summed E-state index contributed by atoms with van der Waals surface area (Å²) in [5.74, 6) is -0.607. The predicted molar refractivity (Wildman–Crippen MR) is 61.3 cm³/mol. The molecule has 16 heavy (non-hydrogen) atoms. The number of hydrogen-bond acceptors (Lipinski definition) is 3. The zero-order valence-electron chi connectivity index (χ0n) is 8.40. The fourth-order valence-corrected chi connectivity index (χ4v) is 1.90. The summed E-state index contributed by atoms with van der Waals surface area (Å²) in [7, 11) is 0. The lowest BCUT2D eigenvalue weighted by Crippen LogP contribution is -1.98. The minimum atomic E-state index is -1.08. The van der Waals surface area contributed by atoms with Crippen molar-refractivity contribution in [2.45, 2.75) is 6.92 Å². The molecule has 0 saturated carbocycles. The van der Waals surface area contributed by atoms with Gasteiger partial charge in [-0.15, -0.1) is 0 Å². The van der Waals surface area contributed by atoms with Crippen LogP contribution in [0, 0.1) is 6.92 Å². The van der Waals surface area contributed by atoms with Crippen molar-refractivity contribution < 1.29 is 14.4 Å². The van der Waals surface area contributed by atoms with E-state index in [2.05, 4.69) is 21.1 Å². The summed E-state index contributed by atoms with van der Waals surface area (Å²) >= 11 is 3.38. The summed E-state index contributed by atoms with van der Waals surface area (Å²) < 4.78 is 5.90. The molecule has 2 aromatic rings. The second-order valence-electron chi connectivity index (χ2n) is 3.27. The fraction of sp³-hybridized carbons (Fsp3) is 0.0909. The van der Waals surface area contributed by atoms with E-state index in [9.17, 15) is 4.79 Å². The van der Waals surface area contributed by atoms with Crippen molar-refractivity contribution in [3.05, 3.63) is 40.0 Å². The number of carboxylic acids is 1. The monoisotopic (exact) mass is 281 g/mol. The quantitative estimate of drug-likeness (QED) is 0.919. The van der Waals surface area contributed by atoms with Gasteiger partial charge in [0.2, 0.25) is 0 Å². The van der Waals surface area contributed by atoms with Gasteiger partial charge in [0.15, 0.2) is 11.5 Å². The molecule has 0 saturated heterocycles. The number of rotatable bonds is 2. The number of carbonyl (C=O) groups is 1. The average molecular weight is 282 g/mol. The molecule has 0 aliphatic carbocycles. The van der Waals surface area contributed by atoms with E-state index in [1.807, 2.05) is 24.3 Å². The van der Waals surface area contributed by atoms with Gasteiger partial charge >= 0.3 is 5.97 Å². The highest BCUT2D eigenvalue weighted by molar-refractivity contribution is 9.10. The number of benzene rings is 1. The molecule has 82 valence electrons. The molecule has 0 amide bonds. The van der Waals surface area contributed by atoms with Crippen LogP contribution in [-0.2, 0) is 0 Å². The van der Waals surface area contributed by atoms with E-state index in [-0.39, 0.29) is 5.69 Å². The molecule has 0 spiro atoms. The molecule has 0 atom stereocenters. The Hall–Kier alpha value is -1.62. The normalized spacial score (nSPS) is 10.4. The van der Waals surface area contributed by atoms with Crippen molar-refractivity contribution in [2.75, 3.05) is 0 Å². The van der Waals surface area contributed by atoms with E-state index in [1.165, 1.54) is 0 Å². The maximum atomic E-state index is 10.8. The minimum Gasteiger partial charge on any atom is -0.476 e. The van der Waals surface area contributed by atoms with Crippen molar-refractivity contribution in [1.29, 1.82) is 0 Å². The first kappa shape index (κ1) is 10.9. The zero-order valence-corrected chi connectivity index (χ0v) is 9.98. The Morgan fingerprint density at radius 2 is 2.12 bits per heavy atom. The zero-order chi connectivity index (χ0) is 11.7. The number of aromatic carboxylic acids is 1. The summed E-state index contributed by atoms with van der Waals surface area (Å²) in [6.45, 7) is 1.68. The summed E-state index contributed by atoms with van der Waals surface area (Å²) in [6, 6.07) is 7.42. The molecule has 0 aliphatic heterocycles. The van der Waals surface area contributed by atoms with E-state index in [0.29, 0.717) is 11.3 Å². The van der Waals surface area contributed by atoms with E-state index in [4.69, 9.17) is 9.63 Å². The van der Waals surface area contributed by atoms with Crippen LogP contribution in [0.1, 0.15) is 16.1 Å². The van der Waals surface area contributed by atoms with Gasteiger partial charge in [-0.25, -0.2) is 4.79 Å². The van der Waals surface area contributed by atoms with Gasteiger partial charge < -0.3 is 9.63 Å². The third-order valence-corrected chi connectivity index (χ3v) is 2.94. The van der Waals surface area contributed by atoms with Crippen LogP contribution in [0.5, 0.6) is 0 Å². The van der Waals surface area contributed by atoms with Gasteiger partial charge in [0.1, 0.15) is 0 Å². The SMILES string of the molecule is Cc1c(C(=O)O)noc1-c1ccccc1Br. The van der Waals surface area contributed by atoms with E-state index >= 15 is 0 Å². The van der Waals surface area contributed by atoms with Gasteiger partial charge in [-0.05, 0) is 19.1 Å². The van der Waals surface area contributed by atoms with Crippen molar-refractivity contribution >= 4 is 21.9 Å². The molecule has 1 N–H and O–H groups in total. The van der Waals surface area contributed by atoms with Gasteiger partial charge in [0, 0.05) is 15.6 Å². The highest BCUT2D eigenvalue weighted by Gasteiger charge is 2.19. The highest BCUT2D eigenvalue weighted by Crippen LogP contribution is 2.31. The summed E-state index contributed by atoms with van der Waals surface area (Å²) in [5.41, 5.74) is 1.27. The first-order chi connectivity index (χ1) is 7.61. The second-order valence-corrected chi connectivity index (χ2v) is 4.12. The Morgan fingerprint density at radius 3 is 2.69 bits per heavy atom. The average Bonchev–Trinajstić information content (AvgIpc) is 2.61. The molecule has 0 aliphatic rings. The standard InChI is InChI=1S/C11H8BrNO3/c1-6-9(11(14)15)13-16-10(6)7-4-2-3-5-8(7)12/h2-5H,1H3,(H,14,15). The molecule has 1 heterocycles. The molecule has 5 heteroatoms. The number of halogens is 1. The van der Waals surface area contributed by atoms with E-state index in [1.54, 1.807) is 6.92 Å². The number of carboxylic acid groups (broad SMARTS) is 1. The molecule has 0 fully saturated rings. The third-order valence-electron chi connectivity index (χ3n) is 2.25. The van der Waals surface area contributed by atoms with Crippen molar-refractivity contribution in [3.8, 4) is 11.3 Å². The van der Waals surface area contributed by atoms with Crippen LogP contribution in [-0.4, -0.2) is 16.2 Å². The van der Waals surface area contributed by atoms with Gasteiger partial charge in [0.25, 0.3) is 0 Å². The van der Waals surface area contributed by atoms with Crippen LogP contribution in [0.15, 0.2) is 33.3 Å². The molecule has 0 bridgehead atoms. The molecule has 1 aromatic heterocycles. The maximum Gasteiger partial charge on any atom is 0.358 e. The van der Waals surface area contributed by atoms with E-state index < -0.39 is 5.97 Å². The highest BCUT2D eigenvalue weighted by atomic mass is 79.9. The summed E-state index contributed by atoms with van der Waals surface area (Å²) in [6.07, 6.45) is 0. The number of nitrogens with zero attached hydrogens (tertiary/aromatic N) is 1.